The Morgan fingerprint density at radius 2 is 1.56 bits per heavy atom. The van der Waals surface area contributed by atoms with Crippen LogP contribution in [0.15, 0.2) is 24.3 Å². The molecule has 0 aliphatic carbocycles. The Kier molecular flexibility index (Phi) is 10.8. The summed E-state index contributed by atoms with van der Waals surface area (Å²) >= 11 is 0. The summed E-state index contributed by atoms with van der Waals surface area (Å²) in [5.74, 6) is -4.30. The molecular formula is C22H30F3N3O6. The second-order valence-electron chi connectivity index (χ2n) is 8.05. The lowest BCUT2D eigenvalue weighted by molar-refractivity contribution is -0.148. The molecule has 190 valence electrons. The van der Waals surface area contributed by atoms with Crippen molar-refractivity contribution >= 4 is 23.7 Å². The first-order valence-electron chi connectivity index (χ1n) is 10.7. The summed E-state index contributed by atoms with van der Waals surface area (Å²) in [6.45, 7) is 4.54. The van der Waals surface area contributed by atoms with E-state index in [2.05, 4.69) is 16.0 Å². The van der Waals surface area contributed by atoms with Crippen molar-refractivity contribution in [3.8, 4) is 5.75 Å². The summed E-state index contributed by atoms with van der Waals surface area (Å²) in [6.07, 6.45) is -6.43. The Balaban J connectivity index is 3.02. The van der Waals surface area contributed by atoms with Gasteiger partial charge in [0.1, 0.15) is 23.9 Å². The largest absolute Gasteiger partial charge is 0.508 e. The molecule has 0 aliphatic heterocycles. The normalized spacial score (nSPS) is 14.9. The summed E-state index contributed by atoms with van der Waals surface area (Å²) < 4.78 is 37.5. The molecule has 1 aromatic rings. The Hall–Kier alpha value is -3.31. The van der Waals surface area contributed by atoms with Crippen LogP contribution in [0.1, 0.15) is 45.6 Å². The summed E-state index contributed by atoms with van der Waals surface area (Å²) in [4.78, 5) is 48.7. The van der Waals surface area contributed by atoms with Gasteiger partial charge < -0.3 is 26.2 Å². The lowest BCUT2D eigenvalue weighted by atomic mass is 9.96. The highest BCUT2D eigenvalue weighted by molar-refractivity contribution is 5.93. The first-order valence-corrected chi connectivity index (χ1v) is 10.7. The van der Waals surface area contributed by atoms with Crippen LogP contribution in [-0.2, 0) is 25.6 Å². The Morgan fingerprint density at radius 1 is 0.971 bits per heavy atom. The van der Waals surface area contributed by atoms with Crippen molar-refractivity contribution in [2.75, 3.05) is 0 Å². The van der Waals surface area contributed by atoms with Gasteiger partial charge in [0, 0.05) is 19.8 Å². The third-order valence-electron chi connectivity index (χ3n) is 5.19. The predicted octanol–water partition coefficient (Wildman–Crippen LogP) is 1.88. The smallest absolute Gasteiger partial charge is 0.389 e. The number of alkyl halides is 3. The number of carboxylic acids is 1. The van der Waals surface area contributed by atoms with Crippen LogP contribution in [0.5, 0.6) is 5.75 Å². The van der Waals surface area contributed by atoms with Gasteiger partial charge in [0.15, 0.2) is 0 Å². The van der Waals surface area contributed by atoms with Crippen molar-refractivity contribution < 1.29 is 42.6 Å². The van der Waals surface area contributed by atoms with Gasteiger partial charge in [-0.2, -0.15) is 13.2 Å². The number of carbonyl (C=O) groups is 4. The number of carboxylic acid groups (broad SMARTS) is 1. The van der Waals surface area contributed by atoms with Crippen LogP contribution in [-0.4, -0.2) is 58.2 Å². The lowest BCUT2D eigenvalue weighted by Gasteiger charge is -2.27. The molecule has 0 saturated carbocycles. The van der Waals surface area contributed by atoms with E-state index >= 15 is 0 Å². The van der Waals surface area contributed by atoms with Crippen LogP contribution < -0.4 is 16.0 Å². The van der Waals surface area contributed by atoms with E-state index in [9.17, 15) is 42.6 Å². The van der Waals surface area contributed by atoms with Crippen LogP contribution >= 0.6 is 0 Å². The monoisotopic (exact) mass is 489 g/mol. The fraction of sp³-hybridized carbons (Fsp3) is 0.545. The number of hydrogen-bond donors (Lipinski definition) is 5. The standard InChI is InChI=1S/C22H30F3N3O6/c1-4-12(2)18(20(32)27-16(21(33)34)9-10-22(23,24)25)28-19(31)17(26-13(3)29)11-14-5-7-15(30)8-6-14/h5-8,12,16-18,30H,4,9-11H2,1-3H3,(H,26,29)(H,27,32)(H,28,31)(H,33,34)/t12-,16-,17-,18-/m0/s1. The number of benzene rings is 1. The fourth-order valence-electron chi connectivity index (χ4n) is 3.11. The molecule has 0 radical (unpaired) electrons. The van der Waals surface area contributed by atoms with E-state index in [1.807, 2.05) is 0 Å². The molecule has 1 rings (SSSR count). The maximum absolute atomic E-state index is 12.9. The van der Waals surface area contributed by atoms with Crippen molar-refractivity contribution in [1.29, 1.82) is 0 Å². The van der Waals surface area contributed by atoms with E-state index in [1.54, 1.807) is 26.0 Å². The third-order valence-corrected chi connectivity index (χ3v) is 5.19. The molecular weight excluding hydrogens is 459 g/mol. The zero-order valence-electron chi connectivity index (χ0n) is 19.1. The zero-order chi connectivity index (χ0) is 26.1. The first kappa shape index (κ1) is 28.7. The van der Waals surface area contributed by atoms with Crippen LogP contribution in [0.3, 0.4) is 0 Å². The quantitative estimate of drug-likeness (QED) is 0.303. The number of phenolic OH excluding ortho intramolecular Hbond substituents is 1. The Labute approximate surface area is 195 Å². The molecule has 9 nitrogen and oxygen atoms in total. The van der Waals surface area contributed by atoms with E-state index in [1.165, 1.54) is 19.1 Å². The van der Waals surface area contributed by atoms with Gasteiger partial charge in [-0.05, 0) is 30.0 Å². The van der Waals surface area contributed by atoms with Gasteiger partial charge in [-0.1, -0.05) is 32.4 Å². The molecule has 0 unspecified atom stereocenters. The fourth-order valence-corrected chi connectivity index (χ4v) is 3.11. The molecule has 34 heavy (non-hydrogen) atoms. The Morgan fingerprint density at radius 3 is 2.03 bits per heavy atom. The van der Waals surface area contributed by atoms with Crippen LogP contribution in [0, 0.1) is 5.92 Å². The molecule has 0 spiro atoms. The molecule has 0 bridgehead atoms. The summed E-state index contributed by atoms with van der Waals surface area (Å²) in [7, 11) is 0. The van der Waals surface area contributed by atoms with Crippen LogP contribution in [0.4, 0.5) is 13.2 Å². The minimum absolute atomic E-state index is 0.0105. The molecule has 0 fully saturated rings. The highest BCUT2D eigenvalue weighted by Crippen LogP contribution is 2.22. The molecule has 0 aromatic heterocycles. The predicted molar refractivity (Wildman–Crippen MR) is 116 cm³/mol. The maximum Gasteiger partial charge on any atom is 0.389 e. The number of rotatable bonds is 12. The number of amides is 3. The molecule has 3 amide bonds. The molecule has 12 heteroatoms. The lowest BCUT2D eigenvalue weighted by Crippen LogP contribution is -2.58. The molecule has 0 heterocycles. The molecule has 5 N–H and O–H groups in total. The average Bonchev–Trinajstić information content (AvgIpc) is 2.73. The van der Waals surface area contributed by atoms with Crippen LogP contribution in [0.2, 0.25) is 0 Å². The minimum Gasteiger partial charge on any atom is -0.508 e. The summed E-state index contributed by atoms with van der Waals surface area (Å²) in [5.41, 5.74) is 0.606. The number of phenols is 1. The Bertz CT molecular complexity index is 860. The molecule has 0 aliphatic rings. The van der Waals surface area contributed by atoms with E-state index in [0.29, 0.717) is 12.0 Å². The van der Waals surface area contributed by atoms with Gasteiger partial charge in [0.2, 0.25) is 17.7 Å². The van der Waals surface area contributed by atoms with Gasteiger partial charge in [0.05, 0.1) is 0 Å². The van der Waals surface area contributed by atoms with Crippen molar-refractivity contribution in [2.45, 2.75) is 70.8 Å². The van der Waals surface area contributed by atoms with Crippen molar-refractivity contribution in [3.63, 3.8) is 0 Å². The molecule has 0 saturated heterocycles. The van der Waals surface area contributed by atoms with E-state index in [4.69, 9.17) is 0 Å². The van der Waals surface area contributed by atoms with Crippen LogP contribution in [0.25, 0.3) is 0 Å². The van der Waals surface area contributed by atoms with E-state index in [0.717, 1.165) is 0 Å². The van der Waals surface area contributed by atoms with Gasteiger partial charge >= 0.3 is 12.1 Å². The first-order chi connectivity index (χ1) is 15.7. The number of carbonyl (C=O) groups excluding carboxylic acids is 3. The van der Waals surface area contributed by atoms with Gasteiger partial charge in [-0.25, -0.2) is 4.79 Å². The van der Waals surface area contributed by atoms with E-state index < -0.39 is 66.8 Å². The second kappa shape index (κ2) is 12.8. The van der Waals surface area contributed by atoms with E-state index in [-0.39, 0.29) is 12.2 Å². The number of aliphatic carboxylic acids is 1. The number of aromatic hydroxyl groups is 1. The zero-order valence-corrected chi connectivity index (χ0v) is 19.1. The van der Waals surface area contributed by atoms with Gasteiger partial charge in [-0.15, -0.1) is 0 Å². The van der Waals surface area contributed by atoms with Crippen molar-refractivity contribution in [3.05, 3.63) is 29.8 Å². The van der Waals surface area contributed by atoms with Crippen molar-refractivity contribution in [1.82, 2.24) is 16.0 Å². The van der Waals surface area contributed by atoms with Gasteiger partial charge in [-0.3, -0.25) is 14.4 Å². The highest BCUT2D eigenvalue weighted by atomic mass is 19.4. The SMILES string of the molecule is CC[C@H](C)[C@H](NC(=O)[C@H](Cc1ccc(O)cc1)NC(C)=O)C(=O)N[C@@H](CCC(F)(F)F)C(=O)O. The number of hydrogen-bond acceptors (Lipinski definition) is 5. The topological polar surface area (TPSA) is 145 Å². The third kappa shape index (κ3) is 10.1. The second-order valence-corrected chi connectivity index (χ2v) is 8.05. The molecule has 4 atom stereocenters. The number of halogens is 3. The summed E-state index contributed by atoms with van der Waals surface area (Å²) in [5, 5.41) is 25.7. The summed E-state index contributed by atoms with van der Waals surface area (Å²) in [6, 6.07) is 1.77. The molecule has 1 aromatic carbocycles. The number of nitrogens with one attached hydrogen (secondary N) is 3. The highest BCUT2D eigenvalue weighted by Gasteiger charge is 2.34. The minimum atomic E-state index is -4.59. The van der Waals surface area contributed by atoms with Crippen molar-refractivity contribution in [2.24, 2.45) is 5.92 Å². The maximum atomic E-state index is 12.9. The average molecular weight is 489 g/mol. The van der Waals surface area contributed by atoms with Gasteiger partial charge in [0.25, 0.3) is 0 Å².